The van der Waals surface area contributed by atoms with Crippen LogP contribution in [-0.4, -0.2) is 69.1 Å². The number of fused-ring (bicyclic) bond motifs is 1. The lowest BCUT2D eigenvalue weighted by Crippen LogP contribution is -2.53. The standard InChI is InChI=1S/C38H56N4O6/c1-25-21-23-42(34(25)26(2)43)36(45)32(19-17-27-12-7-5-8-13-27)41-37(46)48-38(3)22-11-15-28(38)14-9-6-10-16-31-35(44)40-33-24-29(47-4)18-20-30(33)39-31/h18,20,24-25,27-28,32,34H,5-17,19,21-23H2,1-4H3,(H,40,44)(H,41,46)/t25-,28-,32-,34+,38-/m1/s1. The molecule has 1 saturated heterocycles. The van der Waals surface area contributed by atoms with E-state index in [4.69, 9.17) is 9.47 Å². The molecule has 1 aromatic heterocycles. The second kappa shape index (κ2) is 16.3. The zero-order chi connectivity index (χ0) is 34.3. The minimum Gasteiger partial charge on any atom is -0.497 e. The van der Waals surface area contributed by atoms with Crippen LogP contribution in [-0.2, 0) is 20.7 Å². The third-order valence-electron chi connectivity index (χ3n) is 11.4. The van der Waals surface area contributed by atoms with Crippen molar-refractivity contribution in [3.05, 3.63) is 23.9 Å². The molecule has 1 aliphatic heterocycles. The molecule has 5 rings (SSSR count). The molecule has 3 aliphatic rings. The number of carbonyl (C=O) groups excluding carboxylic acids is 3. The van der Waals surface area contributed by atoms with Crippen molar-refractivity contribution in [2.24, 2.45) is 17.8 Å². The lowest BCUT2D eigenvalue weighted by Gasteiger charge is -2.34. The summed E-state index contributed by atoms with van der Waals surface area (Å²) < 4.78 is 11.4. The Balaban J connectivity index is 1.14. The van der Waals surface area contributed by atoms with E-state index in [1.165, 1.54) is 32.1 Å². The molecule has 2 N–H and O–H groups in total. The SMILES string of the molecule is COc1ccc2nc(CCCCC[C@@H]3CCC[C@@]3(C)OC(=O)N[C@H](CCC3CCCCC3)C(=O)N3CC[C@@H](C)[C@H]3C(C)=O)c(O)nc2c1. The fourth-order valence-electron chi connectivity index (χ4n) is 8.54. The minimum absolute atomic E-state index is 0.00584. The lowest BCUT2D eigenvalue weighted by atomic mass is 9.85. The van der Waals surface area contributed by atoms with E-state index < -0.39 is 23.8 Å². The number of likely N-dealkylation sites (tertiary alicyclic amines) is 1. The van der Waals surface area contributed by atoms with E-state index in [0.717, 1.165) is 63.3 Å². The summed E-state index contributed by atoms with van der Waals surface area (Å²) in [6.07, 6.45) is 15.0. The summed E-state index contributed by atoms with van der Waals surface area (Å²) in [6, 6.07) is 4.34. The fraction of sp³-hybridized carbons (Fsp3) is 0.711. The average molecular weight is 665 g/mol. The highest BCUT2D eigenvalue weighted by Crippen LogP contribution is 2.42. The van der Waals surface area contributed by atoms with Crippen molar-refractivity contribution in [2.45, 2.75) is 141 Å². The number of hydrogen-bond donors (Lipinski definition) is 2. The van der Waals surface area contributed by atoms with E-state index in [1.54, 1.807) is 25.0 Å². The second-order valence-electron chi connectivity index (χ2n) is 14.9. The van der Waals surface area contributed by atoms with Gasteiger partial charge in [0, 0.05) is 12.6 Å². The maximum atomic E-state index is 13.9. The number of hydrogen-bond acceptors (Lipinski definition) is 8. The van der Waals surface area contributed by atoms with Crippen molar-refractivity contribution in [1.82, 2.24) is 20.2 Å². The molecule has 2 aliphatic carbocycles. The normalized spacial score (nSPS) is 25.2. The molecule has 0 spiro atoms. The second-order valence-corrected chi connectivity index (χ2v) is 14.9. The molecule has 0 radical (unpaired) electrons. The molecule has 2 amide bonds. The number of aryl methyl sites for hydroxylation is 1. The van der Waals surface area contributed by atoms with Crippen molar-refractivity contribution in [3.8, 4) is 11.6 Å². The van der Waals surface area contributed by atoms with Crippen molar-refractivity contribution in [2.75, 3.05) is 13.7 Å². The van der Waals surface area contributed by atoms with Crippen LogP contribution in [0.2, 0.25) is 0 Å². The van der Waals surface area contributed by atoms with E-state index in [1.807, 2.05) is 26.0 Å². The van der Waals surface area contributed by atoms with E-state index in [0.29, 0.717) is 42.3 Å². The number of nitrogens with one attached hydrogen (secondary N) is 1. The Morgan fingerprint density at radius 1 is 1.02 bits per heavy atom. The number of rotatable bonds is 14. The van der Waals surface area contributed by atoms with Gasteiger partial charge >= 0.3 is 6.09 Å². The number of amides is 2. The zero-order valence-corrected chi connectivity index (χ0v) is 29.5. The monoisotopic (exact) mass is 664 g/mol. The molecule has 2 aromatic rings. The Kier molecular flexibility index (Phi) is 12.2. The largest absolute Gasteiger partial charge is 0.497 e. The number of aromatic nitrogens is 2. The quantitative estimate of drug-likeness (QED) is 0.201. The van der Waals surface area contributed by atoms with E-state index in [-0.39, 0.29) is 29.4 Å². The summed E-state index contributed by atoms with van der Waals surface area (Å²) in [6.45, 7) is 6.17. The molecule has 0 bridgehead atoms. The van der Waals surface area contributed by atoms with Crippen LogP contribution >= 0.6 is 0 Å². The van der Waals surface area contributed by atoms with Gasteiger partial charge in [0.15, 0.2) is 5.78 Å². The highest BCUT2D eigenvalue weighted by Gasteiger charge is 2.44. The predicted octanol–water partition coefficient (Wildman–Crippen LogP) is 7.29. The highest BCUT2D eigenvalue weighted by atomic mass is 16.6. The number of benzene rings is 1. The first-order chi connectivity index (χ1) is 23.1. The van der Waals surface area contributed by atoms with E-state index in [2.05, 4.69) is 15.3 Å². The maximum absolute atomic E-state index is 13.9. The van der Waals surface area contributed by atoms with Gasteiger partial charge in [0.2, 0.25) is 11.8 Å². The van der Waals surface area contributed by atoms with E-state index >= 15 is 0 Å². The summed E-state index contributed by atoms with van der Waals surface area (Å²) in [7, 11) is 1.59. The van der Waals surface area contributed by atoms with Crippen LogP contribution in [0.1, 0.15) is 123 Å². The average Bonchev–Trinajstić information content (AvgIpc) is 3.64. The summed E-state index contributed by atoms with van der Waals surface area (Å²) in [5.41, 5.74) is 1.34. The minimum atomic E-state index is -0.688. The van der Waals surface area contributed by atoms with Crippen LogP contribution in [0.15, 0.2) is 18.2 Å². The summed E-state index contributed by atoms with van der Waals surface area (Å²) in [5.74, 6) is 1.42. The topological polar surface area (TPSA) is 131 Å². The van der Waals surface area contributed by atoms with Gasteiger partial charge in [0.05, 0.1) is 24.2 Å². The van der Waals surface area contributed by atoms with Gasteiger partial charge in [0.1, 0.15) is 23.1 Å². The first-order valence-electron chi connectivity index (χ1n) is 18.4. The van der Waals surface area contributed by atoms with Crippen LogP contribution in [0.5, 0.6) is 11.6 Å². The number of methoxy groups -OCH3 is 1. The number of ether oxygens (including phenoxy) is 2. The first kappa shape index (κ1) is 35.9. The van der Waals surface area contributed by atoms with Gasteiger partial charge in [0.25, 0.3) is 0 Å². The number of alkyl carbamates (subject to hydrolysis) is 1. The molecule has 10 nitrogen and oxygen atoms in total. The number of aromatic hydroxyl groups is 1. The van der Waals surface area contributed by atoms with E-state index in [9.17, 15) is 19.5 Å². The number of ketones is 1. The van der Waals surface area contributed by atoms with Crippen molar-refractivity contribution < 1.29 is 29.0 Å². The molecule has 264 valence electrons. The van der Waals surface area contributed by atoms with Crippen LogP contribution in [0.25, 0.3) is 11.0 Å². The smallest absolute Gasteiger partial charge is 0.408 e. The van der Waals surface area contributed by atoms with Crippen LogP contribution < -0.4 is 10.1 Å². The summed E-state index contributed by atoms with van der Waals surface area (Å²) in [4.78, 5) is 50.5. The van der Waals surface area contributed by atoms with Crippen molar-refractivity contribution in [1.29, 1.82) is 0 Å². The predicted molar refractivity (Wildman–Crippen MR) is 185 cm³/mol. The summed E-state index contributed by atoms with van der Waals surface area (Å²) in [5, 5.41) is 13.4. The Bertz CT molecular complexity index is 1430. The third kappa shape index (κ3) is 8.77. The van der Waals surface area contributed by atoms with Gasteiger partial charge in [-0.1, -0.05) is 51.9 Å². The number of Topliss-reactive ketones (excluding diaryl/α,β-unsaturated/α-hetero) is 1. The Labute approximate surface area is 285 Å². The molecule has 48 heavy (non-hydrogen) atoms. The van der Waals surface area contributed by atoms with Gasteiger partial charge in [-0.3, -0.25) is 9.59 Å². The molecular weight excluding hydrogens is 608 g/mol. The third-order valence-corrected chi connectivity index (χ3v) is 11.4. The van der Waals surface area contributed by atoms with Crippen molar-refractivity contribution in [3.63, 3.8) is 0 Å². The zero-order valence-electron chi connectivity index (χ0n) is 29.5. The molecule has 10 heteroatoms. The van der Waals surface area contributed by atoms with Crippen LogP contribution in [0.4, 0.5) is 4.79 Å². The Morgan fingerprint density at radius 3 is 2.56 bits per heavy atom. The number of unbranched alkanes of at least 4 members (excludes halogenated alkanes) is 2. The first-order valence-corrected chi connectivity index (χ1v) is 18.4. The van der Waals surface area contributed by atoms with Gasteiger partial charge < -0.3 is 24.8 Å². The maximum Gasteiger partial charge on any atom is 0.408 e. The molecule has 1 aromatic carbocycles. The Morgan fingerprint density at radius 2 is 1.81 bits per heavy atom. The molecular formula is C38H56N4O6. The Hall–Kier alpha value is -3.43. The van der Waals surface area contributed by atoms with Gasteiger partial charge in [-0.25, -0.2) is 14.8 Å². The van der Waals surface area contributed by atoms with Gasteiger partial charge in [-0.05, 0) is 102 Å². The number of nitrogens with zero attached hydrogens (tertiary/aromatic N) is 3. The van der Waals surface area contributed by atoms with Gasteiger partial charge in [-0.15, -0.1) is 0 Å². The highest BCUT2D eigenvalue weighted by molar-refractivity contribution is 5.92. The van der Waals surface area contributed by atoms with Crippen molar-refractivity contribution >= 4 is 28.8 Å². The van der Waals surface area contributed by atoms with Crippen LogP contribution in [0.3, 0.4) is 0 Å². The molecule has 3 fully saturated rings. The summed E-state index contributed by atoms with van der Waals surface area (Å²) >= 11 is 0. The lowest BCUT2D eigenvalue weighted by molar-refractivity contribution is -0.139. The molecule has 0 unspecified atom stereocenters. The fourth-order valence-corrected chi connectivity index (χ4v) is 8.54. The van der Waals surface area contributed by atoms with Crippen LogP contribution in [0, 0.1) is 17.8 Å². The molecule has 5 atom stereocenters. The molecule has 2 heterocycles. The number of carbonyl (C=O) groups is 3. The van der Waals surface area contributed by atoms with Gasteiger partial charge in [-0.2, -0.15) is 0 Å². The molecule has 2 saturated carbocycles.